The minimum absolute atomic E-state index is 0.0384. The predicted molar refractivity (Wildman–Crippen MR) is 219 cm³/mol. The first-order chi connectivity index (χ1) is 26.6. The molecule has 16 nitrogen and oxygen atoms in total. The van der Waals surface area contributed by atoms with Crippen molar-refractivity contribution in [3.63, 3.8) is 0 Å². The predicted octanol–water partition coefficient (Wildman–Crippen LogP) is 3.03. The van der Waals surface area contributed by atoms with Gasteiger partial charge in [-0.25, -0.2) is 0 Å². The lowest BCUT2D eigenvalue weighted by molar-refractivity contribution is -0.138. The van der Waals surface area contributed by atoms with Crippen molar-refractivity contribution in [1.29, 1.82) is 0 Å². The normalized spacial score (nSPS) is 13.4. The van der Waals surface area contributed by atoms with E-state index in [1.165, 1.54) is 36.9 Å². The molecule has 320 valence electrons. The highest BCUT2D eigenvalue weighted by atomic mass is 16.4. The second-order valence-electron chi connectivity index (χ2n) is 13.9. The highest BCUT2D eigenvalue weighted by molar-refractivity contribution is 6.43. The van der Waals surface area contributed by atoms with E-state index in [0.717, 1.165) is 45.2 Å². The zero-order chi connectivity index (χ0) is 42.9. The summed E-state index contributed by atoms with van der Waals surface area (Å²) in [4.78, 5) is 76.2. The van der Waals surface area contributed by atoms with Gasteiger partial charge in [-0.3, -0.25) is 38.7 Å². The van der Waals surface area contributed by atoms with Crippen molar-refractivity contribution in [2.45, 2.75) is 138 Å². The number of carboxylic acid groups (broad SMARTS) is 1. The molecule has 1 aliphatic heterocycles. The van der Waals surface area contributed by atoms with Crippen molar-refractivity contribution in [2.75, 3.05) is 39.3 Å². The summed E-state index contributed by atoms with van der Waals surface area (Å²) in [6.45, 7) is 17.0. The molecule has 5 amide bonds. The fourth-order valence-corrected chi connectivity index (χ4v) is 5.18. The number of hydrogen-bond donors (Lipinski definition) is 7. The molecule has 0 bridgehead atoms. The first-order valence-corrected chi connectivity index (χ1v) is 20.2. The quantitative estimate of drug-likeness (QED) is 0.0665. The lowest BCUT2D eigenvalue weighted by atomic mass is 9.78. The second kappa shape index (κ2) is 34.2. The van der Waals surface area contributed by atoms with Crippen LogP contribution in [0.1, 0.15) is 142 Å². The van der Waals surface area contributed by atoms with Crippen molar-refractivity contribution >= 4 is 42.6 Å². The maximum absolute atomic E-state index is 12.5. The number of hydrogen-bond acceptors (Lipinski definition) is 10. The number of amides is 5. The lowest BCUT2D eigenvalue weighted by Gasteiger charge is -2.24. The molecule has 0 spiro atoms. The SMILES string of the molecule is CC(N)=O.CCC(C)CC(=O)O.CCCC.CCCN(CCC)CC(=O)NCCCCCC(=O)NCc1cc(C(=O)NCC(=O)N2CCCC2B(O)O)ccn1. The van der Waals surface area contributed by atoms with Crippen LogP contribution in [-0.2, 0) is 30.5 Å². The van der Waals surface area contributed by atoms with Crippen LogP contribution in [0.15, 0.2) is 18.3 Å². The van der Waals surface area contributed by atoms with E-state index in [1.54, 1.807) is 6.07 Å². The van der Waals surface area contributed by atoms with Crippen LogP contribution in [0.25, 0.3) is 0 Å². The summed E-state index contributed by atoms with van der Waals surface area (Å²) in [5.41, 5.74) is 5.29. The molecule has 0 aliphatic carbocycles. The number of unbranched alkanes of at least 4 members (excludes halogenated alkanes) is 3. The number of likely N-dealkylation sites (tertiary alicyclic amines) is 1. The third-order valence-electron chi connectivity index (χ3n) is 8.48. The highest BCUT2D eigenvalue weighted by Crippen LogP contribution is 2.18. The Morgan fingerprint density at radius 3 is 2.09 bits per heavy atom. The van der Waals surface area contributed by atoms with Crippen LogP contribution in [0, 0.1) is 5.92 Å². The van der Waals surface area contributed by atoms with Gasteiger partial charge in [-0.05, 0) is 69.7 Å². The van der Waals surface area contributed by atoms with Gasteiger partial charge in [0.2, 0.25) is 23.6 Å². The van der Waals surface area contributed by atoms with Crippen LogP contribution in [0.2, 0.25) is 0 Å². The van der Waals surface area contributed by atoms with Gasteiger partial charge < -0.3 is 41.7 Å². The maximum atomic E-state index is 12.5. The van der Waals surface area contributed by atoms with Crippen molar-refractivity contribution in [1.82, 2.24) is 30.7 Å². The minimum Gasteiger partial charge on any atom is -0.481 e. The molecule has 2 heterocycles. The molecule has 0 saturated carbocycles. The lowest BCUT2D eigenvalue weighted by Crippen LogP contribution is -2.48. The summed E-state index contributed by atoms with van der Waals surface area (Å²) in [6.07, 6.45) is 11.3. The molecule has 1 aliphatic rings. The highest BCUT2D eigenvalue weighted by Gasteiger charge is 2.36. The molecule has 8 N–H and O–H groups in total. The molecule has 0 aromatic carbocycles. The van der Waals surface area contributed by atoms with Gasteiger partial charge in [0.25, 0.3) is 5.91 Å². The van der Waals surface area contributed by atoms with Gasteiger partial charge in [-0.2, -0.15) is 0 Å². The van der Waals surface area contributed by atoms with Gasteiger partial charge in [-0.15, -0.1) is 0 Å². The summed E-state index contributed by atoms with van der Waals surface area (Å²) in [5.74, 6) is -2.27. The molecule has 17 heteroatoms. The number of primary amides is 1. The van der Waals surface area contributed by atoms with Crippen LogP contribution in [-0.4, -0.2) is 118 Å². The van der Waals surface area contributed by atoms with Crippen molar-refractivity contribution in [3.05, 3.63) is 29.6 Å². The Morgan fingerprint density at radius 2 is 1.57 bits per heavy atom. The minimum atomic E-state index is -1.61. The van der Waals surface area contributed by atoms with Crippen molar-refractivity contribution in [3.8, 4) is 0 Å². The zero-order valence-corrected chi connectivity index (χ0v) is 35.1. The number of carbonyl (C=O) groups is 6. The van der Waals surface area contributed by atoms with Crippen LogP contribution in [0.5, 0.6) is 0 Å². The molecule has 56 heavy (non-hydrogen) atoms. The summed E-state index contributed by atoms with van der Waals surface area (Å²) in [6, 6.07) is 3.08. The van der Waals surface area contributed by atoms with Crippen LogP contribution < -0.4 is 21.7 Å². The number of rotatable bonds is 22. The number of pyridine rings is 1. The number of aliphatic carboxylic acids is 1. The van der Waals surface area contributed by atoms with E-state index in [1.807, 2.05) is 13.8 Å². The van der Waals surface area contributed by atoms with E-state index in [9.17, 15) is 38.8 Å². The third kappa shape index (κ3) is 29.2. The average molecular weight is 794 g/mol. The van der Waals surface area contributed by atoms with E-state index in [4.69, 9.17) is 5.11 Å². The largest absolute Gasteiger partial charge is 0.481 e. The fourth-order valence-electron chi connectivity index (χ4n) is 5.18. The van der Waals surface area contributed by atoms with E-state index in [2.05, 4.69) is 59.3 Å². The molecule has 1 fully saturated rings. The van der Waals surface area contributed by atoms with Gasteiger partial charge in [0.15, 0.2) is 0 Å². The van der Waals surface area contributed by atoms with E-state index in [-0.39, 0.29) is 36.7 Å². The van der Waals surface area contributed by atoms with E-state index >= 15 is 0 Å². The van der Waals surface area contributed by atoms with E-state index in [0.29, 0.717) is 68.9 Å². The van der Waals surface area contributed by atoms with Crippen molar-refractivity contribution in [2.24, 2.45) is 11.7 Å². The summed E-state index contributed by atoms with van der Waals surface area (Å²) >= 11 is 0. The number of nitrogens with one attached hydrogen (secondary N) is 3. The zero-order valence-electron chi connectivity index (χ0n) is 35.1. The fraction of sp³-hybridized carbons (Fsp3) is 0.718. The molecule has 1 aromatic heterocycles. The number of nitrogens with two attached hydrogens (primary N) is 1. The molecule has 1 saturated heterocycles. The van der Waals surface area contributed by atoms with Crippen molar-refractivity contribution < 1.29 is 43.9 Å². The van der Waals surface area contributed by atoms with Gasteiger partial charge in [0.1, 0.15) is 0 Å². The Bertz CT molecular complexity index is 1260. The molecule has 2 rings (SSSR count). The summed E-state index contributed by atoms with van der Waals surface area (Å²) in [5, 5.41) is 35.4. The monoisotopic (exact) mass is 794 g/mol. The Kier molecular flexibility index (Phi) is 33.0. The van der Waals surface area contributed by atoms with Gasteiger partial charge >= 0.3 is 13.1 Å². The summed E-state index contributed by atoms with van der Waals surface area (Å²) < 4.78 is 0. The van der Waals surface area contributed by atoms with Gasteiger partial charge in [-0.1, -0.05) is 67.2 Å². The summed E-state index contributed by atoms with van der Waals surface area (Å²) in [7, 11) is -1.61. The standard InChI is InChI=1S/C27H45BN6O6.C6H12O2.C4H10.C2H5NO/c1-3-14-33(15-4-2)20-25(36)30-12-7-5-6-10-24(35)31-18-22-17-21(11-13-29-22)27(38)32-19-26(37)34-16-8-9-23(34)28(39)40;1-3-5(2)4-6(7)8;1-3-4-2;1-2(3)4/h11,13,17,23,39-40H,3-10,12,14-16,18-20H2,1-2H3,(H,30,36)(H,31,35)(H,32,38);5H,3-4H2,1-2H3,(H,7,8);3-4H2,1-2H3;1H3,(H2,3,4). The molecule has 2 atom stereocenters. The van der Waals surface area contributed by atoms with Crippen LogP contribution in [0.4, 0.5) is 0 Å². The third-order valence-corrected chi connectivity index (χ3v) is 8.48. The van der Waals surface area contributed by atoms with Gasteiger partial charge in [0, 0.05) is 44.6 Å². The Hall–Kier alpha value is -4.09. The molecular formula is C39H72BN7O9. The Morgan fingerprint density at radius 1 is 0.946 bits per heavy atom. The molecule has 0 radical (unpaired) electrons. The number of nitrogens with zero attached hydrogens (tertiary/aromatic N) is 3. The molecular weight excluding hydrogens is 721 g/mol. The van der Waals surface area contributed by atoms with Crippen LogP contribution in [0.3, 0.4) is 0 Å². The first kappa shape index (κ1) is 54.0. The van der Waals surface area contributed by atoms with Gasteiger partial charge in [0.05, 0.1) is 31.3 Å². The number of aromatic nitrogens is 1. The molecule has 2 unspecified atom stereocenters. The topological polar surface area (TPSA) is 245 Å². The second-order valence-corrected chi connectivity index (χ2v) is 13.9. The maximum Gasteiger partial charge on any atom is 0.475 e. The number of carboxylic acids is 1. The smallest absolute Gasteiger partial charge is 0.475 e. The van der Waals surface area contributed by atoms with Crippen LogP contribution >= 0.6 is 0 Å². The average Bonchev–Trinajstić information content (AvgIpc) is 3.65. The first-order valence-electron chi connectivity index (χ1n) is 20.2. The molecule has 1 aromatic rings. The Balaban J connectivity index is 0. The Labute approximate surface area is 335 Å². The van der Waals surface area contributed by atoms with E-state index < -0.39 is 24.9 Å². The number of carbonyl (C=O) groups excluding carboxylic acids is 5.